The van der Waals surface area contributed by atoms with Gasteiger partial charge in [-0.2, -0.15) is 17.0 Å². The first-order valence-corrected chi connectivity index (χ1v) is 8.88. The number of hydrogen-bond donors (Lipinski definition) is 2. The van der Waals surface area contributed by atoms with Gasteiger partial charge in [-0.25, -0.2) is 13.1 Å². The van der Waals surface area contributed by atoms with Gasteiger partial charge >= 0.3 is 0 Å². The SMILES string of the molecule is N#CCc1ccc(S(=O)(=O)NCCSCCCO)cc1. The van der Waals surface area contributed by atoms with Crippen molar-refractivity contribution in [2.45, 2.75) is 17.7 Å². The Bertz CT molecular complexity index is 536. The lowest BCUT2D eigenvalue weighted by molar-refractivity contribution is 0.296. The fourth-order valence-corrected chi connectivity index (χ4v) is 3.42. The molecule has 1 rings (SSSR count). The maximum atomic E-state index is 12.0. The highest BCUT2D eigenvalue weighted by Crippen LogP contribution is 2.11. The first-order chi connectivity index (χ1) is 9.60. The van der Waals surface area contributed by atoms with Gasteiger partial charge in [-0.3, -0.25) is 0 Å². The zero-order valence-corrected chi connectivity index (χ0v) is 12.7. The number of rotatable bonds is 9. The van der Waals surface area contributed by atoms with Gasteiger partial charge in [-0.1, -0.05) is 12.1 Å². The third-order valence-electron chi connectivity index (χ3n) is 2.50. The number of aliphatic hydroxyl groups is 1. The summed E-state index contributed by atoms with van der Waals surface area (Å²) in [5.41, 5.74) is 0.797. The van der Waals surface area contributed by atoms with Crippen molar-refractivity contribution in [2.75, 3.05) is 24.7 Å². The monoisotopic (exact) mass is 314 g/mol. The normalized spacial score (nSPS) is 11.2. The fraction of sp³-hybridized carbons (Fsp3) is 0.462. The van der Waals surface area contributed by atoms with Gasteiger partial charge in [0.1, 0.15) is 0 Å². The van der Waals surface area contributed by atoms with Crippen LogP contribution in [0.25, 0.3) is 0 Å². The summed E-state index contributed by atoms with van der Waals surface area (Å²) in [6, 6.07) is 8.32. The lowest BCUT2D eigenvalue weighted by Crippen LogP contribution is -2.26. The van der Waals surface area contributed by atoms with E-state index >= 15 is 0 Å². The summed E-state index contributed by atoms with van der Waals surface area (Å²) in [6.07, 6.45) is 0.993. The minimum Gasteiger partial charge on any atom is -0.396 e. The number of aliphatic hydroxyl groups excluding tert-OH is 1. The van der Waals surface area contributed by atoms with E-state index in [1.807, 2.05) is 6.07 Å². The largest absolute Gasteiger partial charge is 0.396 e. The van der Waals surface area contributed by atoms with Gasteiger partial charge < -0.3 is 5.11 Å². The van der Waals surface area contributed by atoms with Gasteiger partial charge in [0.25, 0.3) is 0 Å². The van der Waals surface area contributed by atoms with Crippen molar-refractivity contribution >= 4 is 21.8 Å². The molecule has 0 atom stereocenters. The fourth-order valence-electron chi connectivity index (χ4n) is 1.48. The summed E-state index contributed by atoms with van der Waals surface area (Å²) < 4.78 is 26.5. The quantitative estimate of drug-likeness (QED) is 0.667. The van der Waals surface area contributed by atoms with Crippen LogP contribution in [0.4, 0.5) is 0 Å². The van der Waals surface area contributed by atoms with Gasteiger partial charge in [0.15, 0.2) is 0 Å². The standard InChI is InChI=1S/C13H18N2O3S2/c14-7-6-12-2-4-13(5-3-12)20(17,18)15-8-11-19-10-1-9-16/h2-5,15-16H,1,6,8-11H2. The van der Waals surface area contributed by atoms with Crippen LogP contribution in [0.1, 0.15) is 12.0 Å². The van der Waals surface area contributed by atoms with Crippen LogP contribution in [-0.4, -0.2) is 38.2 Å². The third-order valence-corrected chi connectivity index (χ3v) is 5.05. The number of sulfonamides is 1. The summed E-state index contributed by atoms with van der Waals surface area (Å²) in [7, 11) is -3.48. The molecule has 0 radical (unpaired) electrons. The molecule has 0 spiro atoms. The molecule has 0 aliphatic heterocycles. The molecule has 7 heteroatoms. The summed E-state index contributed by atoms with van der Waals surface area (Å²) >= 11 is 1.60. The predicted molar refractivity (Wildman–Crippen MR) is 80.0 cm³/mol. The van der Waals surface area contributed by atoms with Crippen LogP contribution in [0.15, 0.2) is 29.2 Å². The van der Waals surface area contributed by atoms with Crippen LogP contribution in [0.3, 0.4) is 0 Å². The Labute approximate surface area is 124 Å². The second-order valence-electron chi connectivity index (χ2n) is 4.07. The molecule has 0 heterocycles. The Morgan fingerprint density at radius 3 is 2.55 bits per heavy atom. The van der Waals surface area contributed by atoms with E-state index in [9.17, 15) is 8.42 Å². The Hall–Kier alpha value is -1.07. The van der Waals surface area contributed by atoms with Gasteiger partial charge in [0, 0.05) is 18.9 Å². The van der Waals surface area contributed by atoms with Gasteiger partial charge in [0.2, 0.25) is 10.0 Å². The smallest absolute Gasteiger partial charge is 0.240 e. The summed E-state index contributed by atoms with van der Waals surface area (Å²) in [6.45, 7) is 0.520. The van der Waals surface area contributed by atoms with Gasteiger partial charge in [0.05, 0.1) is 17.4 Å². The zero-order chi connectivity index (χ0) is 14.8. The molecule has 0 fully saturated rings. The number of nitrogens with zero attached hydrogens (tertiary/aromatic N) is 1. The molecule has 110 valence electrons. The molecule has 0 aromatic heterocycles. The number of thioether (sulfide) groups is 1. The van der Waals surface area contributed by atoms with Crippen molar-refractivity contribution in [3.63, 3.8) is 0 Å². The molecular weight excluding hydrogens is 296 g/mol. The molecule has 0 unspecified atom stereocenters. The minimum absolute atomic E-state index is 0.160. The highest BCUT2D eigenvalue weighted by molar-refractivity contribution is 7.99. The van der Waals surface area contributed by atoms with Crippen LogP contribution < -0.4 is 4.72 Å². The van der Waals surface area contributed by atoms with E-state index in [1.165, 1.54) is 12.1 Å². The number of hydrogen-bond acceptors (Lipinski definition) is 5. The summed E-state index contributed by atoms with van der Waals surface area (Å²) in [5, 5.41) is 17.2. The Balaban J connectivity index is 2.46. The van der Waals surface area contributed by atoms with E-state index < -0.39 is 10.0 Å². The van der Waals surface area contributed by atoms with Crippen LogP contribution >= 0.6 is 11.8 Å². The van der Waals surface area contributed by atoms with Crippen LogP contribution in [0, 0.1) is 11.3 Å². The van der Waals surface area contributed by atoms with Crippen molar-refractivity contribution in [3.8, 4) is 6.07 Å². The second-order valence-corrected chi connectivity index (χ2v) is 7.06. The lowest BCUT2D eigenvalue weighted by Gasteiger charge is -2.07. The topological polar surface area (TPSA) is 90.2 Å². The van der Waals surface area contributed by atoms with Crippen molar-refractivity contribution < 1.29 is 13.5 Å². The van der Waals surface area contributed by atoms with E-state index in [2.05, 4.69) is 4.72 Å². The van der Waals surface area contributed by atoms with E-state index in [4.69, 9.17) is 10.4 Å². The van der Waals surface area contributed by atoms with Crippen LogP contribution in [-0.2, 0) is 16.4 Å². The van der Waals surface area contributed by atoms with Crippen molar-refractivity contribution in [1.82, 2.24) is 4.72 Å². The summed E-state index contributed by atoms with van der Waals surface area (Å²) in [4.78, 5) is 0.208. The molecule has 0 bridgehead atoms. The molecule has 0 amide bonds. The van der Waals surface area contributed by atoms with Crippen molar-refractivity contribution in [2.24, 2.45) is 0 Å². The molecule has 1 aromatic carbocycles. The highest BCUT2D eigenvalue weighted by atomic mass is 32.2. The van der Waals surface area contributed by atoms with Crippen molar-refractivity contribution in [3.05, 3.63) is 29.8 Å². The summed E-state index contributed by atoms with van der Waals surface area (Å²) in [5.74, 6) is 1.49. The van der Waals surface area contributed by atoms with Crippen LogP contribution in [0.5, 0.6) is 0 Å². The average molecular weight is 314 g/mol. The molecule has 0 saturated carbocycles. The van der Waals surface area contributed by atoms with E-state index in [0.29, 0.717) is 12.3 Å². The molecule has 1 aromatic rings. The van der Waals surface area contributed by atoms with Gasteiger partial charge in [-0.05, 0) is 29.9 Å². The van der Waals surface area contributed by atoms with E-state index in [1.54, 1.807) is 23.9 Å². The minimum atomic E-state index is -3.48. The molecule has 0 saturated heterocycles. The Kier molecular flexibility index (Phi) is 7.62. The molecule has 0 aliphatic carbocycles. The first kappa shape index (κ1) is 17.0. The molecule has 2 N–H and O–H groups in total. The lowest BCUT2D eigenvalue weighted by atomic mass is 10.2. The third kappa shape index (κ3) is 5.92. The number of benzene rings is 1. The Morgan fingerprint density at radius 2 is 1.95 bits per heavy atom. The number of nitriles is 1. The molecule has 20 heavy (non-hydrogen) atoms. The zero-order valence-electron chi connectivity index (χ0n) is 11.1. The molecular formula is C13H18N2O3S2. The maximum absolute atomic E-state index is 12.0. The molecule has 5 nitrogen and oxygen atoms in total. The van der Waals surface area contributed by atoms with Gasteiger partial charge in [-0.15, -0.1) is 0 Å². The average Bonchev–Trinajstić information content (AvgIpc) is 2.44. The predicted octanol–water partition coefficient (Wildman–Crippen LogP) is 1.15. The van der Waals surface area contributed by atoms with E-state index in [0.717, 1.165) is 17.7 Å². The molecule has 0 aliphatic rings. The first-order valence-electron chi connectivity index (χ1n) is 6.24. The maximum Gasteiger partial charge on any atom is 0.240 e. The second kappa shape index (κ2) is 8.97. The van der Waals surface area contributed by atoms with Crippen molar-refractivity contribution in [1.29, 1.82) is 5.26 Å². The van der Waals surface area contributed by atoms with E-state index in [-0.39, 0.29) is 17.9 Å². The Morgan fingerprint density at radius 1 is 1.25 bits per heavy atom. The van der Waals surface area contributed by atoms with Crippen LogP contribution in [0.2, 0.25) is 0 Å². The number of nitrogens with one attached hydrogen (secondary N) is 1. The highest BCUT2D eigenvalue weighted by Gasteiger charge is 2.12.